The van der Waals surface area contributed by atoms with Crippen molar-refractivity contribution >= 4 is 34.5 Å². The summed E-state index contributed by atoms with van der Waals surface area (Å²) in [5, 5.41) is 4.17. The molecule has 19 heavy (non-hydrogen) atoms. The highest BCUT2D eigenvalue weighted by Gasteiger charge is 2.25. The number of rotatable bonds is 3. The Hall–Kier alpha value is -2.28. The summed E-state index contributed by atoms with van der Waals surface area (Å²) in [4.78, 5) is 33.9. The van der Waals surface area contributed by atoms with Gasteiger partial charge >= 0.3 is 0 Å². The molecule has 2 rings (SSSR count). The molecule has 0 bridgehead atoms. The SMILES string of the molecule is COc1cccc(NC(=O)C=C2SC(=O)NC2=O)c1. The van der Waals surface area contributed by atoms with E-state index in [1.807, 2.05) is 0 Å². The summed E-state index contributed by atoms with van der Waals surface area (Å²) in [6.45, 7) is 0. The van der Waals surface area contributed by atoms with Crippen LogP contribution in [0.1, 0.15) is 0 Å². The molecule has 1 aromatic rings. The van der Waals surface area contributed by atoms with Crippen molar-refractivity contribution in [1.29, 1.82) is 0 Å². The number of anilines is 1. The topological polar surface area (TPSA) is 84.5 Å². The van der Waals surface area contributed by atoms with Crippen molar-refractivity contribution in [1.82, 2.24) is 5.32 Å². The van der Waals surface area contributed by atoms with Crippen molar-refractivity contribution in [2.24, 2.45) is 0 Å². The second kappa shape index (κ2) is 5.57. The van der Waals surface area contributed by atoms with Crippen LogP contribution in [0.4, 0.5) is 10.5 Å². The molecular formula is C12H10N2O4S. The number of hydrogen-bond donors (Lipinski definition) is 2. The average Bonchev–Trinajstić information content (AvgIpc) is 2.68. The maximum Gasteiger partial charge on any atom is 0.290 e. The predicted octanol–water partition coefficient (Wildman–Crippen LogP) is 1.50. The van der Waals surface area contributed by atoms with E-state index >= 15 is 0 Å². The number of carbonyl (C=O) groups is 3. The zero-order chi connectivity index (χ0) is 13.8. The lowest BCUT2D eigenvalue weighted by Gasteiger charge is -2.04. The van der Waals surface area contributed by atoms with E-state index in [1.54, 1.807) is 24.3 Å². The molecule has 0 aliphatic carbocycles. The molecule has 0 unspecified atom stereocenters. The van der Waals surface area contributed by atoms with Gasteiger partial charge in [-0.1, -0.05) is 6.07 Å². The predicted molar refractivity (Wildman–Crippen MR) is 70.8 cm³/mol. The monoisotopic (exact) mass is 278 g/mol. The second-order valence-corrected chi connectivity index (χ2v) is 4.59. The van der Waals surface area contributed by atoms with Crippen LogP contribution < -0.4 is 15.4 Å². The van der Waals surface area contributed by atoms with Crippen LogP contribution in [0.2, 0.25) is 0 Å². The minimum atomic E-state index is -0.559. The van der Waals surface area contributed by atoms with E-state index < -0.39 is 17.1 Å². The Bertz CT molecular complexity index is 583. The molecule has 1 aliphatic heterocycles. The fourth-order valence-corrected chi connectivity index (χ4v) is 2.07. The molecule has 0 aromatic heterocycles. The van der Waals surface area contributed by atoms with Crippen molar-refractivity contribution in [2.75, 3.05) is 12.4 Å². The Morgan fingerprint density at radius 2 is 2.21 bits per heavy atom. The van der Waals surface area contributed by atoms with Gasteiger partial charge in [-0.25, -0.2) is 0 Å². The lowest BCUT2D eigenvalue weighted by molar-refractivity contribution is -0.116. The highest BCUT2D eigenvalue weighted by atomic mass is 32.2. The van der Waals surface area contributed by atoms with Gasteiger partial charge in [-0.3, -0.25) is 19.7 Å². The van der Waals surface area contributed by atoms with E-state index in [1.165, 1.54) is 7.11 Å². The van der Waals surface area contributed by atoms with Crippen LogP contribution in [0.15, 0.2) is 35.2 Å². The second-order valence-electron chi connectivity index (χ2n) is 3.57. The molecule has 0 radical (unpaired) electrons. The molecule has 0 spiro atoms. The van der Waals surface area contributed by atoms with Gasteiger partial charge in [-0.05, 0) is 23.9 Å². The molecule has 1 saturated heterocycles. The third-order valence-corrected chi connectivity index (χ3v) is 3.05. The first-order valence-corrected chi connectivity index (χ1v) is 6.10. The van der Waals surface area contributed by atoms with Crippen LogP contribution in [0.3, 0.4) is 0 Å². The number of thioether (sulfide) groups is 1. The van der Waals surface area contributed by atoms with Crippen LogP contribution >= 0.6 is 11.8 Å². The Morgan fingerprint density at radius 3 is 2.84 bits per heavy atom. The van der Waals surface area contributed by atoms with Gasteiger partial charge in [-0.2, -0.15) is 0 Å². The fourth-order valence-electron chi connectivity index (χ4n) is 1.42. The van der Waals surface area contributed by atoms with Crippen LogP contribution in [0, 0.1) is 0 Å². The van der Waals surface area contributed by atoms with Crippen LogP contribution in [0.25, 0.3) is 0 Å². The van der Waals surface area contributed by atoms with Gasteiger partial charge < -0.3 is 10.1 Å². The van der Waals surface area contributed by atoms with E-state index in [0.29, 0.717) is 23.2 Å². The number of nitrogens with one attached hydrogen (secondary N) is 2. The Labute approximate surface area is 113 Å². The summed E-state index contributed by atoms with van der Waals surface area (Å²) in [5.41, 5.74) is 0.538. The van der Waals surface area contributed by atoms with Crippen molar-refractivity contribution in [3.63, 3.8) is 0 Å². The van der Waals surface area contributed by atoms with Gasteiger partial charge in [-0.15, -0.1) is 0 Å². The van der Waals surface area contributed by atoms with Crippen molar-refractivity contribution in [3.8, 4) is 5.75 Å². The molecule has 98 valence electrons. The van der Waals surface area contributed by atoms with Crippen molar-refractivity contribution in [3.05, 3.63) is 35.2 Å². The van der Waals surface area contributed by atoms with E-state index in [9.17, 15) is 14.4 Å². The lowest BCUT2D eigenvalue weighted by atomic mass is 10.3. The average molecular weight is 278 g/mol. The molecule has 2 N–H and O–H groups in total. The number of benzene rings is 1. The summed E-state index contributed by atoms with van der Waals surface area (Å²) >= 11 is 0.696. The minimum Gasteiger partial charge on any atom is -0.497 e. The molecule has 6 nitrogen and oxygen atoms in total. The maximum absolute atomic E-state index is 11.7. The smallest absolute Gasteiger partial charge is 0.290 e. The lowest BCUT2D eigenvalue weighted by Crippen LogP contribution is -2.18. The quantitative estimate of drug-likeness (QED) is 0.818. The number of amides is 3. The van der Waals surface area contributed by atoms with E-state index in [0.717, 1.165) is 6.08 Å². The Kier molecular flexibility index (Phi) is 3.86. The first-order chi connectivity index (χ1) is 9.08. The van der Waals surface area contributed by atoms with Crippen molar-refractivity contribution < 1.29 is 19.1 Å². The maximum atomic E-state index is 11.7. The van der Waals surface area contributed by atoms with Gasteiger partial charge in [0.25, 0.3) is 11.1 Å². The highest BCUT2D eigenvalue weighted by Crippen LogP contribution is 2.23. The largest absolute Gasteiger partial charge is 0.497 e. The first kappa shape index (κ1) is 13.2. The van der Waals surface area contributed by atoms with Crippen LogP contribution in [-0.4, -0.2) is 24.2 Å². The molecule has 0 atom stereocenters. The summed E-state index contributed by atoms with van der Waals surface area (Å²) < 4.78 is 5.02. The zero-order valence-corrected chi connectivity index (χ0v) is 10.7. The minimum absolute atomic E-state index is 0.0744. The molecule has 0 saturated carbocycles. The van der Waals surface area contributed by atoms with Gasteiger partial charge in [0.05, 0.1) is 12.0 Å². The highest BCUT2D eigenvalue weighted by molar-refractivity contribution is 8.18. The van der Waals surface area contributed by atoms with Gasteiger partial charge in [0.2, 0.25) is 5.91 Å². The standard InChI is InChI=1S/C12H10N2O4S/c1-18-8-4-2-3-7(5-8)13-10(15)6-9-11(16)14-12(17)19-9/h2-6H,1H3,(H,13,15)(H,14,16,17). The normalized spacial score (nSPS) is 16.4. The molecule has 1 heterocycles. The molecule has 1 aliphatic rings. The fraction of sp³-hybridized carbons (Fsp3) is 0.0833. The molecule has 7 heteroatoms. The van der Waals surface area contributed by atoms with Crippen molar-refractivity contribution in [2.45, 2.75) is 0 Å². The van der Waals surface area contributed by atoms with E-state index in [4.69, 9.17) is 4.74 Å². The van der Waals surface area contributed by atoms with E-state index in [-0.39, 0.29) is 4.91 Å². The Balaban J connectivity index is 2.07. The number of methoxy groups -OCH3 is 1. The third-order valence-electron chi connectivity index (χ3n) is 2.24. The van der Waals surface area contributed by atoms with E-state index in [2.05, 4.69) is 10.6 Å². The molecule has 1 aromatic carbocycles. The first-order valence-electron chi connectivity index (χ1n) is 5.28. The number of hydrogen-bond acceptors (Lipinski definition) is 5. The molecule has 1 fully saturated rings. The summed E-state index contributed by atoms with van der Waals surface area (Å²) in [7, 11) is 1.52. The Morgan fingerprint density at radius 1 is 1.42 bits per heavy atom. The zero-order valence-electron chi connectivity index (χ0n) is 9.93. The molecule has 3 amide bonds. The van der Waals surface area contributed by atoms with Gasteiger partial charge in [0.15, 0.2) is 0 Å². The number of carbonyl (C=O) groups excluding carboxylic acids is 3. The summed E-state index contributed by atoms with van der Waals surface area (Å²) in [6.07, 6.45) is 1.09. The van der Waals surface area contributed by atoms with Gasteiger partial charge in [0.1, 0.15) is 5.75 Å². The third kappa shape index (κ3) is 3.35. The molecular weight excluding hydrogens is 268 g/mol. The van der Waals surface area contributed by atoms with Crippen LogP contribution in [0.5, 0.6) is 5.75 Å². The van der Waals surface area contributed by atoms with Gasteiger partial charge in [0, 0.05) is 17.8 Å². The number of ether oxygens (including phenoxy) is 1. The summed E-state index contributed by atoms with van der Waals surface area (Å²) in [5.74, 6) is -0.440. The van der Waals surface area contributed by atoms with Crippen LogP contribution in [-0.2, 0) is 9.59 Å². The number of imide groups is 1. The summed E-state index contributed by atoms with van der Waals surface area (Å²) in [6, 6.07) is 6.80.